The van der Waals surface area contributed by atoms with E-state index >= 15 is 0 Å². The van der Waals surface area contributed by atoms with Gasteiger partial charge in [-0.2, -0.15) is 0 Å². The molecule has 1 aliphatic carbocycles. The van der Waals surface area contributed by atoms with Gasteiger partial charge in [-0.1, -0.05) is 18.2 Å². The molecule has 3 rings (SSSR count). The van der Waals surface area contributed by atoms with Crippen molar-refractivity contribution in [3.05, 3.63) is 63.7 Å². The summed E-state index contributed by atoms with van der Waals surface area (Å²) >= 11 is 0. The van der Waals surface area contributed by atoms with Crippen molar-refractivity contribution in [2.45, 2.75) is 33.1 Å². The van der Waals surface area contributed by atoms with Crippen LogP contribution in [0.25, 0.3) is 0 Å². The number of hydrogen-bond donors (Lipinski definition) is 2. The van der Waals surface area contributed by atoms with Crippen LogP contribution in [-0.4, -0.2) is 17.0 Å². The largest absolute Gasteiger partial charge is 0.478 e. The van der Waals surface area contributed by atoms with Crippen molar-refractivity contribution >= 4 is 17.6 Å². The Morgan fingerprint density at radius 2 is 1.83 bits per heavy atom. The Labute approximate surface area is 135 Å². The first-order valence-electron chi connectivity index (χ1n) is 7.74. The van der Waals surface area contributed by atoms with Crippen molar-refractivity contribution in [2.75, 3.05) is 5.32 Å². The Morgan fingerprint density at radius 3 is 2.57 bits per heavy atom. The fraction of sp³-hybridized carbons (Fsp3) is 0.263. The van der Waals surface area contributed by atoms with Gasteiger partial charge in [-0.25, -0.2) is 4.79 Å². The van der Waals surface area contributed by atoms with Crippen LogP contribution in [-0.2, 0) is 12.8 Å². The Balaban J connectivity index is 1.94. The number of carbonyl (C=O) groups excluding carboxylic acids is 1. The number of anilines is 1. The van der Waals surface area contributed by atoms with Crippen LogP contribution in [0.5, 0.6) is 0 Å². The van der Waals surface area contributed by atoms with Gasteiger partial charge >= 0.3 is 5.97 Å². The van der Waals surface area contributed by atoms with Crippen LogP contribution in [0.1, 0.15) is 49.4 Å². The van der Waals surface area contributed by atoms with E-state index in [0.29, 0.717) is 16.8 Å². The molecule has 2 aromatic rings. The second kappa shape index (κ2) is 5.88. The summed E-state index contributed by atoms with van der Waals surface area (Å²) in [6, 6.07) is 9.13. The third-order valence-electron chi connectivity index (χ3n) is 4.44. The summed E-state index contributed by atoms with van der Waals surface area (Å²) in [6.07, 6.45) is 3.02. The van der Waals surface area contributed by atoms with E-state index in [-0.39, 0.29) is 11.5 Å². The van der Waals surface area contributed by atoms with Crippen molar-refractivity contribution in [1.82, 2.24) is 0 Å². The Morgan fingerprint density at radius 1 is 1.04 bits per heavy atom. The van der Waals surface area contributed by atoms with Gasteiger partial charge in [-0.05, 0) is 67.5 Å². The maximum absolute atomic E-state index is 12.6. The number of rotatable bonds is 3. The van der Waals surface area contributed by atoms with Gasteiger partial charge in [0.25, 0.3) is 5.91 Å². The number of benzene rings is 2. The molecular weight excluding hydrogens is 290 g/mol. The predicted molar refractivity (Wildman–Crippen MR) is 89.3 cm³/mol. The number of nitrogens with one attached hydrogen (secondary N) is 1. The van der Waals surface area contributed by atoms with E-state index in [4.69, 9.17) is 0 Å². The van der Waals surface area contributed by atoms with Crippen LogP contribution >= 0.6 is 0 Å². The van der Waals surface area contributed by atoms with E-state index in [0.717, 1.165) is 30.4 Å². The Bertz CT molecular complexity index is 809. The lowest BCUT2D eigenvalue weighted by Gasteiger charge is -2.13. The number of carbonyl (C=O) groups is 2. The topological polar surface area (TPSA) is 66.4 Å². The molecule has 0 aromatic heterocycles. The molecule has 0 saturated heterocycles. The molecule has 0 unspecified atom stereocenters. The van der Waals surface area contributed by atoms with Crippen LogP contribution in [0.15, 0.2) is 30.3 Å². The van der Waals surface area contributed by atoms with E-state index in [1.807, 2.05) is 19.1 Å². The van der Waals surface area contributed by atoms with Crippen LogP contribution < -0.4 is 5.32 Å². The molecule has 0 bridgehead atoms. The molecule has 0 saturated carbocycles. The summed E-state index contributed by atoms with van der Waals surface area (Å²) in [5.74, 6) is -1.16. The number of aryl methyl sites for hydroxylation is 3. The zero-order chi connectivity index (χ0) is 16.6. The third kappa shape index (κ3) is 2.84. The fourth-order valence-corrected chi connectivity index (χ4v) is 3.24. The van der Waals surface area contributed by atoms with Gasteiger partial charge in [-0.3, -0.25) is 4.79 Å². The average Bonchev–Trinajstić information content (AvgIpc) is 2.97. The quantitative estimate of drug-likeness (QED) is 0.907. The first-order chi connectivity index (χ1) is 11.0. The molecule has 0 atom stereocenters. The molecule has 0 radical (unpaired) electrons. The van der Waals surface area contributed by atoms with E-state index in [2.05, 4.69) is 11.4 Å². The minimum atomic E-state index is -0.987. The van der Waals surface area contributed by atoms with Crippen LogP contribution in [0.3, 0.4) is 0 Å². The number of carboxylic acids is 1. The molecule has 0 heterocycles. The van der Waals surface area contributed by atoms with Gasteiger partial charge in [0.15, 0.2) is 0 Å². The molecule has 23 heavy (non-hydrogen) atoms. The minimum absolute atomic E-state index is 0.174. The maximum Gasteiger partial charge on any atom is 0.336 e. The highest BCUT2D eigenvalue weighted by Gasteiger charge is 2.20. The second-order valence-electron chi connectivity index (χ2n) is 6.04. The number of hydrogen-bond acceptors (Lipinski definition) is 2. The molecule has 1 aliphatic rings. The zero-order valence-corrected chi connectivity index (χ0v) is 13.3. The van der Waals surface area contributed by atoms with Gasteiger partial charge in [0.2, 0.25) is 0 Å². The van der Waals surface area contributed by atoms with Crippen molar-refractivity contribution in [2.24, 2.45) is 0 Å². The SMILES string of the molecule is Cc1cc(C)c(C(=O)O)cc1NC(=O)c1cccc2c1CCC2. The number of aromatic carboxylic acids is 1. The highest BCUT2D eigenvalue weighted by Crippen LogP contribution is 2.27. The molecule has 118 valence electrons. The lowest BCUT2D eigenvalue weighted by atomic mass is 10.0. The Kier molecular flexibility index (Phi) is 3.90. The van der Waals surface area contributed by atoms with Crippen molar-refractivity contribution in [1.29, 1.82) is 0 Å². The normalized spacial score (nSPS) is 12.8. The third-order valence-corrected chi connectivity index (χ3v) is 4.44. The second-order valence-corrected chi connectivity index (χ2v) is 6.04. The van der Waals surface area contributed by atoms with E-state index in [1.54, 1.807) is 13.0 Å². The smallest absolute Gasteiger partial charge is 0.336 e. The van der Waals surface area contributed by atoms with Gasteiger partial charge in [0.05, 0.1) is 5.56 Å². The highest BCUT2D eigenvalue weighted by atomic mass is 16.4. The van der Waals surface area contributed by atoms with Gasteiger partial charge in [0.1, 0.15) is 0 Å². The van der Waals surface area contributed by atoms with Gasteiger partial charge in [0, 0.05) is 11.3 Å². The summed E-state index contributed by atoms with van der Waals surface area (Å²) < 4.78 is 0. The van der Waals surface area contributed by atoms with Gasteiger partial charge in [-0.15, -0.1) is 0 Å². The van der Waals surface area contributed by atoms with Crippen LogP contribution in [0.2, 0.25) is 0 Å². The minimum Gasteiger partial charge on any atom is -0.478 e. The van der Waals surface area contributed by atoms with Crippen molar-refractivity contribution < 1.29 is 14.7 Å². The molecule has 2 aromatic carbocycles. The summed E-state index contributed by atoms with van der Waals surface area (Å²) in [4.78, 5) is 23.9. The Hall–Kier alpha value is -2.62. The fourth-order valence-electron chi connectivity index (χ4n) is 3.24. The molecule has 2 N–H and O–H groups in total. The molecular formula is C19H19NO3. The molecule has 1 amide bonds. The van der Waals surface area contributed by atoms with Crippen LogP contribution in [0, 0.1) is 13.8 Å². The zero-order valence-electron chi connectivity index (χ0n) is 13.3. The van der Waals surface area contributed by atoms with E-state index in [1.165, 1.54) is 11.6 Å². The molecule has 0 spiro atoms. The summed E-state index contributed by atoms with van der Waals surface area (Å²) in [6.45, 7) is 3.62. The number of carboxylic acid groups (broad SMARTS) is 1. The highest BCUT2D eigenvalue weighted by molar-refractivity contribution is 6.06. The predicted octanol–water partition coefficient (Wildman–Crippen LogP) is 3.74. The standard InChI is InChI=1S/C19H19NO3/c1-11-9-12(2)17(10-16(11)19(22)23)20-18(21)15-8-4-6-13-5-3-7-14(13)15/h4,6,8-10H,3,5,7H2,1-2H3,(H,20,21)(H,22,23). The summed E-state index contributed by atoms with van der Waals surface area (Å²) in [7, 11) is 0. The van der Waals surface area contributed by atoms with E-state index in [9.17, 15) is 14.7 Å². The first-order valence-corrected chi connectivity index (χ1v) is 7.74. The number of fused-ring (bicyclic) bond motifs is 1. The molecule has 0 fully saturated rings. The van der Waals surface area contributed by atoms with Crippen molar-refractivity contribution in [3.8, 4) is 0 Å². The lowest BCUT2D eigenvalue weighted by Crippen LogP contribution is -2.16. The van der Waals surface area contributed by atoms with Crippen molar-refractivity contribution in [3.63, 3.8) is 0 Å². The maximum atomic E-state index is 12.6. The summed E-state index contributed by atoms with van der Waals surface area (Å²) in [5.41, 5.74) is 5.36. The molecule has 4 heteroatoms. The van der Waals surface area contributed by atoms with Crippen LogP contribution in [0.4, 0.5) is 5.69 Å². The monoisotopic (exact) mass is 309 g/mol. The average molecular weight is 309 g/mol. The molecule has 4 nitrogen and oxygen atoms in total. The molecule has 0 aliphatic heterocycles. The lowest BCUT2D eigenvalue weighted by molar-refractivity contribution is 0.0695. The first kappa shape index (κ1) is 15.3. The van der Waals surface area contributed by atoms with E-state index < -0.39 is 5.97 Å². The van der Waals surface area contributed by atoms with Gasteiger partial charge < -0.3 is 10.4 Å². The number of amides is 1. The summed E-state index contributed by atoms with van der Waals surface area (Å²) in [5, 5.41) is 12.1.